The molecule has 5 heteroatoms. The normalized spacial score (nSPS) is 9.52. The van der Waals surface area contributed by atoms with Gasteiger partial charge in [-0.25, -0.2) is 4.79 Å². The minimum absolute atomic E-state index is 0.131. The second-order valence-corrected chi connectivity index (χ2v) is 4.19. The van der Waals surface area contributed by atoms with E-state index in [-0.39, 0.29) is 17.9 Å². The molecule has 0 saturated heterocycles. The summed E-state index contributed by atoms with van der Waals surface area (Å²) in [6, 6.07) is 14.0. The van der Waals surface area contributed by atoms with Crippen LogP contribution in [-0.2, 0) is 11.3 Å². The van der Waals surface area contributed by atoms with Crippen LogP contribution in [0.1, 0.15) is 21.5 Å². The van der Waals surface area contributed by atoms with E-state index in [0.29, 0.717) is 0 Å². The Balaban J connectivity index is 2.16. The summed E-state index contributed by atoms with van der Waals surface area (Å²) in [5, 5.41) is 3.48. The van der Waals surface area contributed by atoms with Gasteiger partial charge in [-0.05, 0) is 22.7 Å². The summed E-state index contributed by atoms with van der Waals surface area (Å²) >= 11 is 0. The van der Waals surface area contributed by atoms with Gasteiger partial charge in [0.25, 0.3) is 0 Å². The maximum atomic E-state index is 12.1. The molecule has 0 aliphatic heterocycles. The van der Waals surface area contributed by atoms with Gasteiger partial charge in [-0.2, -0.15) is 0 Å². The van der Waals surface area contributed by atoms with Crippen molar-refractivity contribution in [3.05, 3.63) is 82.2 Å². The molecule has 0 radical (unpaired) electrons. The van der Waals surface area contributed by atoms with Gasteiger partial charge in [0.15, 0.2) is 0 Å². The highest BCUT2D eigenvalue weighted by atomic mass is 16.5. The molecule has 2 aromatic rings. The van der Waals surface area contributed by atoms with Crippen LogP contribution in [0.2, 0.25) is 0 Å². The average Bonchev–Trinajstić information content (AvgIpc) is 2.53. The molecule has 0 saturated carbocycles. The summed E-state index contributed by atoms with van der Waals surface area (Å²) in [6.07, 6.45) is 1.71. The fraction of sp³-hybridized carbons (Fsp3) is 0.0625. The number of hydrogen-bond acceptors (Lipinski definition) is 3. The van der Waals surface area contributed by atoms with Crippen LogP contribution in [0.25, 0.3) is 16.5 Å². The summed E-state index contributed by atoms with van der Waals surface area (Å²) in [5.74, 6) is -0.531. The lowest BCUT2D eigenvalue weighted by atomic mass is 10.1. The molecular weight excluding hydrogens is 266 g/mol. The number of azide groups is 1. The molecule has 0 aliphatic rings. The molecule has 0 N–H and O–H groups in total. The third kappa shape index (κ3) is 3.49. The Morgan fingerprint density at radius 2 is 1.95 bits per heavy atom. The number of carbonyl (C=O) groups is 1. The minimum Gasteiger partial charge on any atom is -0.457 e. The number of rotatable bonds is 5. The van der Waals surface area contributed by atoms with Crippen molar-refractivity contribution < 1.29 is 9.53 Å². The predicted molar refractivity (Wildman–Crippen MR) is 80.9 cm³/mol. The van der Waals surface area contributed by atoms with E-state index in [1.807, 2.05) is 24.3 Å². The van der Waals surface area contributed by atoms with Crippen LogP contribution in [0.3, 0.4) is 0 Å². The molecular formula is C16H13N3O2. The number of carbonyl (C=O) groups excluding carboxylic acids is 1. The highest BCUT2D eigenvalue weighted by Crippen LogP contribution is 2.20. The van der Waals surface area contributed by atoms with Crippen molar-refractivity contribution in [1.82, 2.24) is 0 Å². The van der Waals surface area contributed by atoms with Crippen molar-refractivity contribution >= 4 is 17.7 Å². The molecule has 0 spiro atoms. The first-order valence-corrected chi connectivity index (χ1v) is 6.28. The van der Waals surface area contributed by atoms with Gasteiger partial charge in [-0.1, -0.05) is 60.2 Å². The first-order chi connectivity index (χ1) is 10.3. The van der Waals surface area contributed by atoms with E-state index in [1.165, 1.54) is 0 Å². The quantitative estimate of drug-likeness (QED) is 0.346. The van der Waals surface area contributed by atoms with Crippen LogP contribution >= 0.6 is 0 Å². The van der Waals surface area contributed by atoms with Crippen molar-refractivity contribution in [3.63, 3.8) is 0 Å². The second kappa shape index (κ2) is 6.93. The molecule has 0 unspecified atom stereocenters. The first-order valence-electron chi connectivity index (χ1n) is 6.28. The molecule has 0 fully saturated rings. The van der Waals surface area contributed by atoms with Gasteiger partial charge in [0.2, 0.25) is 0 Å². The van der Waals surface area contributed by atoms with Crippen LogP contribution in [0.15, 0.2) is 60.2 Å². The summed E-state index contributed by atoms with van der Waals surface area (Å²) in [6.45, 7) is 3.85. The molecule has 21 heavy (non-hydrogen) atoms. The maximum absolute atomic E-state index is 12.1. The molecule has 2 rings (SSSR count). The van der Waals surface area contributed by atoms with Crippen LogP contribution in [0.5, 0.6) is 0 Å². The number of ether oxygens (including phenoxy) is 1. The Hall–Kier alpha value is -3.04. The topological polar surface area (TPSA) is 75.1 Å². The molecule has 0 atom stereocenters. The monoisotopic (exact) mass is 279 g/mol. The SMILES string of the molecule is C=Cc1ccccc1COC(=O)c1ccccc1N=[N+]=[N-]. The molecule has 104 valence electrons. The number of benzene rings is 2. The molecule has 0 aliphatic carbocycles. The summed E-state index contributed by atoms with van der Waals surface area (Å²) in [4.78, 5) is 14.8. The Kier molecular flexibility index (Phi) is 4.75. The number of esters is 1. The Bertz CT molecular complexity index is 719. The highest BCUT2D eigenvalue weighted by molar-refractivity contribution is 5.94. The number of nitrogens with zero attached hydrogens (tertiary/aromatic N) is 3. The molecule has 0 heterocycles. The van der Waals surface area contributed by atoms with Gasteiger partial charge in [0.05, 0.1) is 11.3 Å². The largest absolute Gasteiger partial charge is 0.457 e. The zero-order chi connectivity index (χ0) is 15.1. The van der Waals surface area contributed by atoms with Crippen molar-refractivity contribution in [1.29, 1.82) is 0 Å². The van der Waals surface area contributed by atoms with E-state index in [0.717, 1.165) is 11.1 Å². The summed E-state index contributed by atoms with van der Waals surface area (Å²) in [5.41, 5.74) is 10.8. The minimum atomic E-state index is -0.531. The zero-order valence-electron chi connectivity index (χ0n) is 11.3. The Labute approximate surface area is 122 Å². The van der Waals surface area contributed by atoms with Gasteiger partial charge in [-0.15, -0.1) is 0 Å². The lowest BCUT2D eigenvalue weighted by Gasteiger charge is -2.08. The van der Waals surface area contributed by atoms with Crippen LogP contribution in [-0.4, -0.2) is 5.97 Å². The Morgan fingerprint density at radius 1 is 1.24 bits per heavy atom. The fourth-order valence-corrected chi connectivity index (χ4v) is 1.87. The van der Waals surface area contributed by atoms with Gasteiger partial charge in [-0.3, -0.25) is 0 Å². The second-order valence-electron chi connectivity index (χ2n) is 4.19. The highest BCUT2D eigenvalue weighted by Gasteiger charge is 2.12. The number of hydrogen-bond donors (Lipinski definition) is 0. The predicted octanol–water partition coefficient (Wildman–Crippen LogP) is 4.63. The molecule has 0 aromatic heterocycles. The molecule has 5 nitrogen and oxygen atoms in total. The fourth-order valence-electron chi connectivity index (χ4n) is 1.87. The maximum Gasteiger partial charge on any atom is 0.338 e. The van der Waals surface area contributed by atoms with Crippen LogP contribution in [0, 0.1) is 0 Å². The van der Waals surface area contributed by atoms with Gasteiger partial charge in [0, 0.05) is 4.91 Å². The van der Waals surface area contributed by atoms with Gasteiger partial charge < -0.3 is 4.74 Å². The van der Waals surface area contributed by atoms with E-state index >= 15 is 0 Å². The van der Waals surface area contributed by atoms with Crippen molar-refractivity contribution in [2.45, 2.75) is 6.61 Å². The van der Waals surface area contributed by atoms with Gasteiger partial charge >= 0.3 is 5.97 Å². The van der Waals surface area contributed by atoms with E-state index in [2.05, 4.69) is 16.6 Å². The van der Waals surface area contributed by atoms with Crippen molar-refractivity contribution in [2.24, 2.45) is 5.11 Å². The van der Waals surface area contributed by atoms with E-state index in [1.54, 1.807) is 30.3 Å². The first kappa shape index (κ1) is 14.4. The van der Waals surface area contributed by atoms with E-state index in [4.69, 9.17) is 10.3 Å². The molecule has 0 amide bonds. The van der Waals surface area contributed by atoms with Gasteiger partial charge in [0.1, 0.15) is 6.61 Å². The third-order valence-corrected chi connectivity index (χ3v) is 2.91. The van der Waals surface area contributed by atoms with Crippen molar-refractivity contribution in [3.8, 4) is 0 Å². The smallest absolute Gasteiger partial charge is 0.338 e. The molecule has 2 aromatic carbocycles. The van der Waals surface area contributed by atoms with Crippen LogP contribution in [0.4, 0.5) is 5.69 Å². The molecule has 0 bridgehead atoms. The van der Waals surface area contributed by atoms with E-state index in [9.17, 15) is 4.79 Å². The lowest BCUT2D eigenvalue weighted by molar-refractivity contribution is 0.0473. The average molecular weight is 279 g/mol. The van der Waals surface area contributed by atoms with Crippen LogP contribution < -0.4 is 0 Å². The van der Waals surface area contributed by atoms with E-state index < -0.39 is 5.97 Å². The Morgan fingerprint density at radius 3 is 2.71 bits per heavy atom. The standard InChI is InChI=1S/C16H13N3O2/c1-2-12-7-3-4-8-13(12)11-21-16(20)14-9-5-6-10-15(14)18-19-17/h2-10H,1,11H2. The summed E-state index contributed by atoms with van der Waals surface area (Å²) in [7, 11) is 0. The third-order valence-electron chi connectivity index (χ3n) is 2.91. The summed E-state index contributed by atoms with van der Waals surface area (Å²) < 4.78 is 5.27. The zero-order valence-corrected chi connectivity index (χ0v) is 11.3. The van der Waals surface area contributed by atoms with Crippen molar-refractivity contribution in [2.75, 3.05) is 0 Å². The lowest BCUT2D eigenvalue weighted by Crippen LogP contribution is -2.06.